The maximum absolute atomic E-state index is 4.04. The maximum Gasteiger partial charge on any atom is 0.233 e. The maximum atomic E-state index is 4.04. The number of hydrogen-bond donors (Lipinski definition) is 1. The van der Waals surface area contributed by atoms with Crippen molar-refractivity contribution in [3.05, 3.63) is 36.2 Å². The van der Waals surface area contributed by atoms with Gasteiger partial charge in [-0.2, -0.15) is 0 Å². The van der Waals surface area contributed by atoms with E-state index in [0.29, 0.717) is 0 Å². The summed E-state index contributed by atoms with van der Waals surface area (Å²) < 4.78 is 1.97. The van der Waals surface area contributed by atoms with Crippen LogP contribution in [-0.2, 0) is 0 Å². The zero-order valence-corrected chi connectivity index (χ0v) is 7.44. The summed E-state index contributed by atoms with van der Waals surface area (Å²) in [5.41, 5.74) is 2.99. The van der Waals surface area contributed by atoms with Crippen molar-refractivity contribution in [1.82, 2.24) is 14.6 Å². The molecule has 0 unspecified atom stereocenters. The number of hydrogen-bond acceptors (Lipinski definition) is 3. The van der Waals surface area contributed by atoms with Crippen LogP contribution in [0.15, 0.2) is 24.9 Å². The van der Waals surface area contributed by atoms with Gasteiger partial charge in [0.2, 0.25) is 5.95 Å². The first kappa shape index (κ1) is 7.32. The van der Waals surface area contributed by atoms with Crippen LogP contribution < -0.4 is 5.32 Å². The summed E-state index contributed by atoms with van der Waals surface area (Å²) in [4.78, 5) is 0. The fourth-order valence-electron chi connectivity index (χ4n) is 1.65. The normalized spacial score (nSPS) is 12.9. The van der Waals surface area contributed by atoms with Crippen LogP contribution in [0.5, 0.6) is 0 Å². The molecule has 0 fully saturated rings. The van der Waals surface area contributed by atoms with E-state index in [1.54, 1.807) is 0 Å². The molecule has 2 aromatic heterocycles. The monoisotopic (exact) mass is 184 g/mol. The molecule has 0 radical (unpaired) electrons. The van der Waals surface area contributed by atoms with Gasteiger partial charge >= 0.3 is 0 Å². The van der Waals surface area contributed by atoms with Gasteiger partial charge < -0.3 is 5.32 Å². The predicted molar refractivity (Wildman–Crippen MR) is 55.7 cm³/mol. The van der Waals surface area contributed by atoms with Gasteiger partial charge in [0.1, 0.15) is 0 Å². The Bertz CT molecular complexity index is 550. The Kier molecular flexibility index (Phi) is 1.28. The average molecular weight is 184 g/mol. The lowest BCUT2D eigenvalue weighted by molar-refractivity contribution is 1.09. The van der Waals surface area contributed by atoms with E-state index in [2.05, 4.69) is 22.1 Å². The molecule has 0 spiro atoms. The van der Waals surface area contributed by atoms with Gasteiger partial charge in [-0.25, -0.2) is 0 Å². The van der Waals surface area contributed by atoms with Crippen LogP contribution in [0.4, 0.5) is 5.95 Å². The van der Waals surface area contributed by atoms with Crippen LogP contribution in [0, 0.1) is 0 Å². The summed E-state index contributed by atoms with van der Waals surface area (Å²) in [6.45, 7) is 3.78. The molecule has 68 valence electrons. The van der Waals surface area contributed by atoms with Gasteiger partial charge in [0.05, 0.1) is 5.69 Å². The molecule has 0 amide bonds. The quantitative estimate of drug-likeness (QED) is 0.734. The molecule has 0 aromatic carbocycles. The van der Waals surface area contributed by atoms with E-state index >= 15 is 0 Å². The van der Waals surface area contributed by atoms with Crippen molar-refractivity contribution in [3.8, 4) is 0 Å². The Labute approximate surface area is 80.6 Å². The van der Waals surface area contributed by atoms with Gasteiger partial charge in [-0.15, -0.1) is 10.2 Å². The molecule has 3 heterocycles. The van der Waals surface area contributed by atoms with Gasteiger partial charge in [0.25, 0.3) is 0 Å². The Hall–Kier alpha value is -2.10. The second-order valence-corrected chi connectivity index (χ2v) is 3.07. The third kappa shape index (κ3) is 0.771. The summed E-state index contributed by atoms with van der Waals surface area (Å²) in [6.07, 6.45) is 5.67. The second kappa shape index (κ2) is 2.45. The van der Waals surface area contributed by atoms with Gasteiger partial charge in [-0.1, -0.05) is 12.7 Å². The first-order valence-electron chi connectivity index (χ1n) is 4.34. The van der Waals surface area contributed by atoms with Crippen LogP contribution in [0.25, 0.3) is 17.8 Å². The highest BCUT2D eigenvalue weighted by molar-refractivity contribution is 5.70. The molecule has 0 saturated carbocycles. The SMILES string of the molecule is C=Cc1ccc2nnc3n2c1C=CN3. The van der Waals surface area contributed by atoms with Crippen molar-refractivity contribution in [3.63, 3.8) is 0 Å². The summed E-state index contributed by atoms with van der Waals surface area (Å²) in [7, 11) is 0. The Morgan fingerprint density at radius 1 is 1.36 bits per heavy atom. The summed E-state index contributed by atoms with van der Waals surface area (Å²) >= 11 is 0. The number of aromatic nitrogens is 3. The van der Waals surface area contributed by atoms with Crippen molar-refractivity contribution in [2.45, 2.75) is 0 Å². The van der Waals surface area contributed by atoms with Gasteiger partial charge in [-0.05, 0) is 23.8 Å². The minimum absolute atomic E-state index is 0.751. The molecule has 0 bridgehead atoms. The number of rotatable bonds is 1. The third-order valence-corrected chi connectivity index (χ3v) is 2.31. The fraction of sp³-hybridized carbons (Fsp3) is 0. The minimum atomic E-state index is 0.751. The molecular formula is C10H8N4. The van der Waals surface area contributed by atoms with E-state index in [1.807, 2.05) is 34.9 Å². The predicted octanol–water partition coefficient (Wildman–Crippen LogP) is 1.77. The highest BCUT2D eigenvalue weighted by Gasteiger charge is 2.12. The minimum Gasteiger partial charge on any atom is -0.330 e. The number of pyridine rings is 1. The fourth-order valence-corrected chi connectivity index (χ4v) is 1.65. The van der Waals surface area contributed by atoms with Gasteiger partial charge in [-0.3, -0.25) is 4.40 Å². The molecule has 3 rings (SSSR count). The standard InChI is InChI=1S/C10H8N4/c1-2-7-3-4-9-12-13-10-11-6-5-8(7)14(9)10/h2-6H,1H2,(H,11,13). The molecule has 1 N–H and O–H groups in total. The second-order valence-electron chi connectivity index (χ2n) is 3.07. The summed E-state index contributed by atoms with van der Waals surface area (Å²) in [5.74, 6) is 0.751. The Balaban J connectivity index is 2.52. The Morgan fingerprint density at radius 2 is 2.29 bits per heavy atom. The van der Waals surface area contributed by atoms with E-state index in [-0.39, 0.29) is 0 Å². The van der Waals surface area contributed by atoms with Crippen LogP contribution >= 0.6 is 0 Å². The molecular weight excluding hydrogens is 176 g/mol. The van der Waals surface area contributed by atoms with Crippen molar-refractivity contribution in [1.29, 1.82) is 0 Å². The Morgan fingerprint density at radius 3 is 3.14 bits per heavy atom. The number of nitrogens with one attached hydrogen (secondary N) is 1. The molecule has 0 saturated heterocycles. The lowest BCUT2D eigenvalue weighted by Crippen LogP contribution is -2.04. The first-order chi connectivity index (χ1) is 6.90. The molecule has 0 atom stereocenters. The van der Waals surface area contributed by atoms with Gasteiger partial charge in [0.15, 0.2) is 5.65 Å². The molecule has 4 nitrogen and oxygen atoms in total. The number of nitrogens with zero attached hydrogens (tertiary/aromatic N) is 3. The van der Waals surface area contributed by atoms with Crippen LogP contribution in [0.3, 0.4) is 0 Å². The third-order valence-electron chi connectivity index (χ3n) is 2.31. The van der Waals surface area contributed by atoms with Crippen molar-refractivity contribution >= 4 is 23.7 Å². The lowest BCUT2D eigenvalue weighted by Gasteiger charge is -2.11. The van der Waals surface area contributed by atoms with E-state index < -0.39 is 0 Å². The van der Waals surface area contributed by atoms with Crippen molar-refractivity contribution < 1.29 is 0 Å². The van der Waals surface area contributed by atoms with Crippen LogP contribution in [-0.4, -0.2) is 14.6 Å². The zero-order chi connectivity index (χ0) is 9.54. The average Bonchev–Trinajstić information content (AvgIpc) is 2.65. The van der Waals surface area contributed by atoms with Crippen LogP contribution in [0.1, 0.15) is 11.3 Å². The molecule has 4 heteroatoms. The lowest BCUT2D eigenvalue weighted by atomic mass is 10.1. The van der Waals surface area contributed by atoms with Crippen molar-refractivity contribution in [2.75, 3.05) is 5.32 Å². The van der Waals surface area contributed by atoms with E-state index in [4.69, 9.17) is 0 Å². The van der Waals surface area contributed by atoms with E-state index in [1.165, 1.54) is 0 Å². The van der Waals surface area contributed by atoms with E-state index in [0.717, 1.165) is 22.9 Å². The smallest absolute Gasteiger partial charge is 0.233 e. The molecule has 2 aromatic rings. The largest absolute Gasteiger partial charge is 0.330 e. The number of anilines is 1. The topological polar surface area (TPSA) is 42.2 Å². The highest BCUT2D eigenvalue weighted by atomic mass is 15.3. The van der Waals surface area contributed by atoms with Gasteiger partial charge in [0, 0.05) is 6.20 Å². The summed E-state index contributed by atoms with van der Waals surface area (Å²) in [5, 5.41) is 11.1. The van der Waals surface area contributed by atoms with Crippen molar-refractivity contribution in [2.24, 2.45) is 0 Å². The summed E-state index contributed by atoms with van der Waals surface area (Å²) in [6, 6.07) is 3.92. The van der Waals surface area contributed by atoms with E-state index in [9.17, 15) is 0 Å². The highest BCUT2D eigenvalue weighted by Crippen LogP contribution is 2.21. The molecule has 0 aliphatic carbocycles. The van der Waals surface area contributed by atoms with Crippen LogP contribution in [0.2, 0.25) is 0 Å². The zero-order valence-electron chi connectivity index (χ0n) is 7.44. The molecule has 14 heavy (non-hydrogen) atoms. The first-order valence-corrected chi connectivity index (χ1v) is 4.34. The molecule has 1 aliphatic rings. The molecule has 1 aliphatic heterocycles.